The maximum Gasteiger partial charge on any atom is 0 e. The minimum atomic E-state index is 0. The van der Waals surface area contributed by atoms with E-state index in [2.05, 4.69) is 0 Å². The van der Waals surface area contributed by atoms with Gasteiger partial charge in [0.1, 0.15) is 0 Å². The average Bonchev–Trinajstić information content (AvgIpc) is 2.25. The van der Waals surface area contributed by atoms with Crippen molar-refractivity contribution in [1.82, 2.24) is 0 Å². The van der Waals surface area contributed by atoms with Gasteiger partial charge in [0.15, 0.2) is 0 Å². The molecule has 0 aliphatic heterocycles. The zero-order chi connectivity index (χ0) is 10.2. The topological polar surface area (TPSA) is 115 Å². The second-order valence-electron chi connectivity index (χ2n) is 4.75. The summed E-state index contributed by atoms with van der Waals surface area (Å²) in [6.45, 7) is 1.74. The minimum absolute atomic E-state index is 0. The molecule has 1 fully saturated rings. The summed E-state index contributed by atoms with van der Waals surface area (Å²) in [6, 6.07) is 0. The van der Waals surface area contributed by atoms with Gasteiger partial charge in [0.2, 0.25) is 0 Å². The summed E-state index contributed by atoms with van der Waals surface area (Å²) in [7, 11) is 0. The van der Waals surface area contributed by atoms with E-state index in [9.17, 15) is 0 Å². The Hall–Kier alpha value is 2.72. The molecular weight excluding hydrogens is 658 g/mol. The molecule has 1 aliphatic rings. The first kappa shape index (κ1) is 28.8. The third-order valence-electron chi connectivity index (χ3n) is 3.60. The molecule has 0 aromatic heterocycles. The SMILES string of the molecule is NCCCC1CCC(CCCN)CC1.O.O.[Ac].[Ac]. The molecule has 1 aliphatic carbocycles. The summed E-state index contributed by atoms with van der Waals surface area (Å²) in [5.41, 5.74) is 11.0. The summed E-state index contributed by atoms with van der Waals surface area (Å²) in [5, 5.41) is 0. The molecule has 8 N–H and O–H groups in total. The van der Waals surface area contributed by atoms with Gasteiger partial charge in [-0.25, -0.2) is 0 Å². The zero-order valence-corrected chi connectivity index (χ0v) is 21.0. The molecular formula is C12H30Ac2N2O2. The molecule has 0 aromatic carbocycles. The van der Waals surface area contributed by atoms with Crippen molar-refractivity contribution >= 4 is 0 Å². The minimum Gasteiger partial charge on any atom is -0.412 e. The van der Waals surface area contributed by atoms with Gasteiger partial charge in [0.05, 0.1) is 0 Å². The Morgan fingerprint density at radius 2 is 0.944 bits per heavy atom. The molecule has 18 heavy (non-hydrogen) atoms. The van der Waals surface area contributed by atoms with Crippen molar-refractivity contribution in [3.63, 3.8) is 0 Å². The molecule has 2 radical (unpaired) electrons. The van der Waals surface area contributed by atoms with E-state index in [-0.39, 0.29) is 99.1 Å². The van der Waals surface area contributed by atoms with Crippen LogP contribution in [-0.4, -0.2) is 24.0 Å². The Labute approximate surface area is 184 Å². The Morgan fingerprint density at radius 1 is 0.667 bits per heavy atom. The standard InChI is InChI=1S/C12H26N2.2Ac.2H2O/c13-9-1-3-11-5-7-12(8-6-11)4-2-10-14;;;;/h11-12H,1-10,13-14H2;;;2*1H2. The van der Waals surface area contributed by atoms with Crippen molar-refractivity contribution in [1.29, 1.82) is 0 Å². The number of hydrogen-bond donors (Lipinski definition) is 2. The van der Waals surface area contributed by atoms with Gasteiger partial charge in [-0.15, -0.1) is 0 Å². The third kappa shape index (κ3) is 13.7. The van der Waals surface area contributed by atoms with Crippen LogP contribution in [0.1, 0.15) is 51.4 Å². The molecule has 6 heteroatoms. The number of rotatable bonds is 6. The molecule has 0 bridgehead atoms. The van der Waals surface area contributed by atoms with E-state index in [0.717, 1.165) is 24.9 Å². The second kappa shape index (κ2) is 19.7. The van der Waals surface area contributed by atoms with Crippen LogP contribution in [0.3, 0.4) is 0 Å². The first-order chi connectivity index (χ1) is 6.86. The molecule has 0 heterocycles. The molecule has 0 amide bonds. The zero-order valence-electron chi connectivity index (χ0n) is 11.5. The molecule has 1 saturated carbocycles. The Bertz CT molecular complexity index is 130. The van der Waals surface area contributed by atoms with E-state index in [4.69, 9.17) is 11.5 Å². The third-order valence-corrected chi connectivity index (χ3v) is 3.60. The molecule has 106 valence electrons. The van der Waals surface area contributed by atoms with E-state index in [1.807, 2.05) is 0 Å². The molecule has 4 nitrogen and oxygen atoms in total. The molecule has 0 spiro atoms. The monoisotopic (exact) mass is 688 g/mol. The van der Waals surface area contributed by atoms with E-state index in [1.54, 1.807) is 0 Å². The van der Waals surface area contributed by atoms with E-state index < -0.39 is 0 Å². The fourth-order valence-electron chi connectivity index (χ4n) is 2.62. The fraction of sp³-hybridized carbons (Fsp3) is 1.00. The molecule has 0 unspecified atom stereocenters. The maximum atomic E-state index is 5.52. The summed E-state index contributed by atoms with van der Waals surface area (Å²) in [5.74, 6) is 1.96. The van der Waals surface area contributed by atoms with Crippen LogP contribution in [0.4, 0.5) is 0 Å². The van der Waals surface area contributed by atoms with Crippen LogP contribution in [0.5, 0.6) is 0 Å². The maximum absolute atomic E-state index is 5.52. The summed E-state index contributed by atoms with van der Waals surface area (Å²) in [6.07, 6.45) is 10.9. The van der Waals surface area contributed by atoms with Crippen molar-refractivity contribution in [2.24, 2.45) is 23.3 Å². The van der Waals surface area contributed by atoms with Crippen LogP contribution in [0.25, 0.3) is 0 Å². The van der Waals surface area contributed by atoms with Crippen LogP contribution in [0, 0.1) is 100.0 Å². The van der Waals surface area contributed by atoms with E-state index in [0.29, 0.717) is 0 Å². The van der Waals surface area contributed by atoms with Gasteiger partial charge in [-0.3, -0.25) is 0 Å². The molecule has 0 aromatic rings. The van der Waals surface area contributed by atoms with Gasteiger partial charge in [0, 0.05) is 88.1 Å². The van der Waals surface area contributed by atoms with Gasteiger partial charge in [-0.1, -0.05) is 25.7 Å². The van der Waals surface area contributed by atoms with Gasteiger partial charge in [-0.2, -0.15) is 0 Å². The average molecular weight is 688 g/mol. The van der Waals surface area contributed by atoms with E-state index >= 15 is 0 Å². The van der Waals surface area contributed by atoms with Crippen molar-refractivity contribution in [3.8, 4) is 0 Å². The van der Waals surface area contributed by atoms with Crippen LogP contribution in [0.15, 0.2) is 0 Å². The second-order valence-corrected chi connectivity index (χ2v) is 4.75. The van der Waals surface area contributed by atoms with Crippen LogP contribution >= 0.6 is 0 Å². The van der Waals surface area contributed by atoms with Crippen molar-refractivity contribution in [3.05, 3.63) is 0 Å². The predicted octanol–water partition coefficient (Wildman–Crippen LogP) is 0.621. The van der Waals surface area contributed by atoms with Crippen LogP contribution in [0.2, 0.25) is 0 Å². The van der Waals surface area contributed by atoms with Crippen LogP contribution in [-0.2, 0) is 0 Å². The smallest absolute Gasteiger partial charge is 0 e. The summed E-state index contributed by atoms with van der Waals surface area (Å²) in [4.78, 5) is 0. The van der Waals surface area contributed by atoms with Crippen LogP contribution < -0.4 is 11.5 Å². The fourth-order valence-corrected chi connectivity index (χ4v) is 2.62. The summed E-state index contributed by atoms with van der Waals surface area (Å²) >= 11 is 0. The Morgan fingerprint density at radius 3 is 1.17 bits per heavy atom. The first-order valence-electron chi connectivity index (χ1n) is 6.27. The molecule has 0 atom stereocenters. The summed E-state index contributed by atoms with van der Waals surface area (Å²) < 4.78 is 0. The van der Waals surface area contributed by atoms with Gasteiger partial charge >= 0.3 is 0 Å². The first-order valence-corrected chi connectivity index (χ1v) is 6.27. The number of hydrogen-bond acceptors (Lipinski definition) is 2. The largest absolute Gasteiger partial charge is 0.412 e. The van der Waals surface area contributed by atoms with Crippen molar-refractivity contribution < 1.29 is 99.1 Å². The molecule has 0 saturated heterocycles. The Kier molecular flexibility index (Phi) is 31.6. The number of nitrogens with two attached hydrogens (primary N) is 2. The van der Waals surface area contributed by atoms with Crippen molar-refractivity contribution in [2.75, 3.05) is 13.1 Å². The predicted molar refractivity (Wildman–Crippen MR) is 69.3 cm³/mol. The van der Waals surface area contributed by atoms with Gasteiger partial charge in [-0.05, 0) is 50.6 Å². The van der Waals surface area contributed by atoms with E-state index in [1.165, 1.54) is 51.4 Å². The Balaban J connectivity index is -0.000000245. The normalized spacial score (nSPS) is 21.7. The quantitative estimate of drug-likeness (QED) is 0.427. The van der Waals surface area contributed by atoms with Gasteiger partial charge < -0.3 is 22.4 Å². The van der Waals surface area contributed by atoms with Crippen molar-refractivity contribution in [2.45, 2.75) is 51.4 Å². The van der Waals surface area contributed by atoms with Gasteiger partial charge in [0.25, 0.3) is 0 Å². The molecule has 1 rings (SSSR count).